The van der Waals surface area contributed by atoms with E-state index < -0.39 is 11.7 Å². The van der Waals surface area contributed by atoms with Crippen molar-refractivity contribution in [3.8, 4) is 11.1 Å². The Hall–Kier alpha value is -3.96. The van der Waals surface area contributed by atoms with Gasteiger partial charge in [-0.15, -0.1) is 0 Å². The van der Waals surface area contributed by atoms with Crippen molar-refractivity contribution in [1.82, 2.24) is 24.6 Å². The molecule has 1 aromatic heterocycles. The molecule has 1 heterocycles. The number of hydrogen-bond donors (Lipinski definition) is 0. The first-order chi connectivity index (χ1) is 22.0. The highest BCUT2D eigenvalue weighted by Gasteiger charge is 2.30. The molecule has 0 spiro atoms. The lowest BCUT2D eigenvalue weighted by Crippen LogP contribution is -2.40. The summed E-state index contributed by atoms with van der Waals surface area (Å²) >= 11 is 1.39. The van der Waals surface area contributed by atoms with Crippen LogP contribution in [0, 0.1) is 0 Å². The molecule has 0 aliphatic carbocycles. The molecular weight excluding hydrogens is 611 g/mol. The fourth-order valence-corrected chi connectivity index (χ4v) is 5.97. The predicted octanol–water partition coefficient (Wildman–Crippen LogP) is 7.11. The lowest BCUT2D eigenvalue weighted by molar-refractivity contribution is -0.137. The fraction of sp³-hybridized carbons (Fsp3) is 0.371. The molecule has 0 bridgehead atoms. The van der Waals surface area contributed by atoms with Crippen molar-refractivity contribution >= 4 is 17.7 Å². The van der Waals surface area contributed by atoms with E-state index in [1.165, 1.54) is 23.9 Å². The van der Waals surface area contributed by atoms with Crippen molar-refractivity contribution in [2.45, 2.75) is 63.8 Å². The van der Waals surface area contributed by atoms with Gasteiger partial charge in [0.15, 0.2) is 5.16 Å². The number of halogens is 3. The second kappa shape index (κ2) is 16.0. The van der Waals surface area contributed by atoms with Gasteiger partial charge in [0.05, 0.1) is 5.56 Å². The van der Waals surface area contributed by atoms with Crippen molar-refractivity contribution in [1.29, 1.82) is 0 Å². The maximum atomic E-state index is 13.9. The summed E-state index contributed by atoms with van der Waals surface area (Å²) in [5.74, 6) is -0.159. The predicted molar refractivity (Wildman–Crippen MR) is 176 cm³/mol. The van der Waals surface area contributed by atoms with Crippen LogP contribution in [0.4, 0.5) is 13.2 Å². The number of amides is 1. The number of aryl methyl sites for hydroxylation is 1. The van der Waals surface area contributed by atoms with Crippen LogP contribution in [0.3, 0.4) is 0 Å². The van der Waals surface area contributed by atoms with Crippen LogP contribution in [0.5, 0.6) is 0 Å². The lowest BCUT2D eigenvalue weighted by Gasteiger charge is -2.27. The van der Waals surface area contributed by atoms with Crippen LogP contribution in [0.1, 0.15) is 55.3 Å². The van der Waals surface area contributed by atoms with Gasteiger partial charge in [-0.2, -0.15) is 23.3 Å². The third-order valence-electron chi connectivity index (χ3n) is 7.88. The van der Waals surface area contributed by atoms with E-state index in [0.29, 0.717) is 42.5 Å². The summed E-state index contributed by atoms with van der Waals surface area (Å²) in [6.45, 7) is 11.1. The smallest absolute Gasteiger partial charge is 0.335 e. The number of thioether (sulfide) groups is 1. The minimum atomic E-state index is -4.39. The van der Waals surface area contributed by atoms with E-state index in [1.54, 1.807) is 9.58 Å². The molecule has 7 nitrogen and oxygen atoms in total. The third kappa shape index (κ3) is 9.29. The Kier molecular flexibility index (Phi) is 12.2. The van der Waals surface area contributed by atoms with Crippen LogP contribution in [0.15, 0.2) is 88.8 Å². The van der Waals surface area contributed by atoms with E-state index in [1.807, 2.05) is 68.4 Å². The average Bonchev–Trinajstić information content (AvgIpc) is 3.06. The summed E-state index contributed by atoms with van der Waals surface area (Å²) in [5.41, 5.74) is 2.63. The molecule has 0 radical (unpaired) electrons. The average molecular weight is 652 g/mol. The molecule has 244 valence electrons. The van der Waals surface area contributed by atoms with Crippen molar-refractivity contribution in [3.05, 3.63) is 112 Å². The summed E-state index contributed by atoms with van der Waals surface area (Å²) in [7, 11) is 0. The number of benzene rings is 3. The van der Waals surface area contributed by atoms with E-state index in [2.05, 4.69) is 28.8 Å². The molecular formula is C35H40F3N5O2S. The van der Waals surface area contributed by atoms with Gasteiger partial charge in [0, 0.05) is 24.9 Å². The van der Waals surface area contributed by atoms with Gasteiger partial charge in [0.2, 0.25) is 5.91 Å². The zero-order valence-electron chi connectivity index (χ0n) is 26.6. The highest BCUT2D eigenvalue weighted by atomic mass is 32.2. The largest absolute Gasteiger partial charge is 0.416 e. The standard InChI is InChI=1S/C35H40F3N5O2S/c1-5-31-33(45)39-34(46-25(4)27-11-9-8-10-12-27)43(40-31)24-32(44)42(22-21-41(6-2)7-3)23-26-13-15-28(16-14-26)29-17-19-30(20-18-29)35(36,37)38/h8-20,25H,5-7,21-24H2,1-4H3. The number of aromatic nitrogens is 3. The summed E-state index contributed by atoms with van der Waals surface area (Å²) in [6.07, 6.45) is -3.99. The number of carbonyl (C=O) groups is 1. The van der Waals surface area contributed by atoms with Crippen LogP contribution in [0.2, 0.25) is 0 Å². The van der Waals surface area contributed by atoms with Crippen LogP contribution in [-0.4, -0.2) is 56.7 Å². The topological polar surface area (TPSA) is 71.3 Å². The second-order valence-electron chi connectivity index (χ2n) is 10.9. The Bertz CT molecular complexity index is 1620. The Labute approximate surface area is 272 Å². The maximum Gasteiger partial charge on any atom is 0.416 e. The molecule has 0 saturated carbocycles. The van der Waals surface area contributed by atoms with Crippen LogP contribution >= 0.6 is 11.8 Å². The number of likely N-dealkylation sites (N-methyl/N-ethyl adjacent to an activating group) is 1. The maximum absolute atomic E-state index is 13.9. The first-order valence-electron chi connectivity index (χ1n) is 15.5. The minimum Gasteiger partial charge on any atom is -0.335 e. The van der Waals surface area contributed by atoms with E-state index in [4.69, 9.17) is 0 Å². The second-order valence-corrected chi connectivity index (χ2v) is 12.3. The number of carbonyl (C=O) groups excluding carboxylic acids is 1. The molecule has 0 fully saturated rings. The normalized spacial score (nSPS) is 12.3. The number of hydrogen-bond acceptors (Lipinski definition) is 6. The first-order valence-corrected chi connectivity index (χ1v) is 16.4. The summed E-state index contributed by atoms with van der Waals surface area (Å²) < 4.78 is 40.6. The van der Waals surface area contributed by atoms with Gasteiger partial charge in [-0.25, -0.2) is 4.68 Å². The van der Waals surface area contributed by atoms with Crippen LogP contribution in [-0.2, 0) is 30.5 Å². The van der Waals surface area contributed by atoms with E-state index in [9.17, 15) is 22.8 Å². The molecule has 4 rings (SSSR count). The minimum absolute atomic E-state index is 0.0225. The zero-order chi connectivity index (χ0) is 33.3. The SMILES string of the molecule is CCc1nn(CC(=O)N(CCN(CC)CC)Cc2ccc(-c3ccc(C(F)(F)F)cc3)cc2)c(SC(C)c2ccccc2)nc1=O. The molecule has 0 aliphatic heterocycles. The molecule has 4 aromatic rings. The van der Waals surface area contributed by atoms with Crippen LogP contribution in [0.25, 0.3) is 11.1 Å². The molecule has 46 heavy (non-hydrogen) atoms. The van der Waals surface area contributed by atoms with Gasteiger partial charge >= 0.3 is 6.18 Å². The lowest BCUT2D eigenvalue weighted by atomic mass is 10.0. The Morgan fingerprint density at radius 2 is 1.50 bits per heavy atom. The van der Waals surface area contributed by atoms with Crippen molar-refractivity contribution in [2.24, 2.45) is 0 Å². The van der Waals surface area contributed by atoms with Crippen molar-refractivity contribution in [3.63, 3.8) is 0 Å². The Morgan fingerprint density at radius 3 is 2.07 bits per heavy atom. The Morgan fingerprint density at radius 1 is 0.891 bits per heavy atom. The molecule has 1 unspecified atom stereocenters. The van der Waals surface area contributed by atoms with E-state index in [0.717, 1.165) is 41.9 Å². The monoisotopic (exact) mass is 651 g/mol. The zero-order valence-corrected chi connectivity index (χ0v) is 27.4. The number of nitrogens with zero attached hydrogens (tertiary/aromatic N) is 5. The van der Waals surface area contributed by atoms with Gasteiger partial charge in [-0.3, -0.25) is 9.59 Å². The van der Waals surface area contributed by atoms with E-state index in [-0.39, 0.29) is 23.3 Å². The number of rotatable bonds is 14. The highest BCUT2D eigenvalue weighted by molar-refractivity contribution is 7.99. The van der Waals surface area contributed by atoms with Crippen LogP contribution < -0.4 is 5.56 Å². The van der Waals surface area contributed by atoms with Gasteiger partial charge in [0.25, 0.3) is 5.56 Å². The molecule has 0 saturated heterocycles. The molecule has 0 aliphatic rings. The summed E-state index contributed by atoms with van der Waals surface area (Å²) in [4.78, 5) is 35.0. The van der Waals surface area contributed by atoms with Gasteiger partial charge < -0.3 is 9.80 Å². The van der Waals surface area contributed by atoms with Crippen molar-refractivity contribution < 1.29 is 18.0 Å². The van der Waals surface area contributed by atoms with Crippen molar-refractivity contribution in [2.75, 3.05) is 26.2 Å². The number of alkyl halides is 3. The van der Waals surface area contributed by atoms with Gasteiger partial charge in [-0.05, 0) is 60.8 Å². The highest BCUT2D eigenvalue weighted by Crippen LogP contribution is 2.33. The Balaban J connectivity index is 1.57. The van der Waals surface area contributed by atoms with Gasteiger partial charge in [0.1, 0.15) is 12.2 Å². The molecule has 0 N–H and O–H groups in total. The summed E-state index contributed by atoms with van der Waals surface area (Å²) in [5, 5.41) is 4.92. The summed E-state index contributed by atoms with van der Waals surface area (Å²) in [6, 6.07) is 22.4. The molecule has 3 aromatic carbocycles. The molecule has 1 amide bonds. The molecule has 1 atom stereocenters. The van der Waals surface area contributed by atoms with Gasteiger partial charge in [-0.1, -0.05) is 99.3 Å². The van der Waals surface area contributed by atoms with E-state index >= 15 is 0 Å². The fourth-order valence-electron chi connectivity index (χ4n) is 5.00. The molecule has 11 heteroatoms. The quantitative estimate of drug-likeness (QED) is 0.135. The first kappa shape index (κ1) is 34.9. The third-order valence-corrected chi connectivity index (χ3v) is 9.02.